The molecule has 3 heteroatoms. The van der Waals surface area contributed by atoms with Crippen LogP contribution >= 0.6 is 15.9 Å². The molecule has 5 atom stereocenters. The zero-order chi connectivity index (χ0) is 14.8. The Morgan fingerprint density at radius 3 is 2.62 bits per heavy atom. The maximum Gasteiger partial charge on any atom is 0.0859 e. The van der Waals surface area contributed by atoms with Gasteiger partial charge in [-0.15, -0.1) is 0 Å². The first kappa shape index (κ1) is 14.2. The van der Waals surface area contributed by atoms with Gasteiger partial charge in [0.15, 0.2) is 0 Å². The summed E-state index contributed by atoms with van der Waals surface area (Å²) >= 11 is 3.50. The fourth-order valence-corrected chi connectivity index (χ4v) is 5.67. The third-order valence-corrected chi connectivity index (χ3v) is 7.16. The number of fused-ring (bicyclic) bond motifs is 1. The van der Waals surface area contributed by atoms with Crippen LogP contribution in [0.25, 0.3) is 0 Å². The molecule has 114 valence electrons. The molecule has 3 aliphatic rings. The Kier molecular flexibility index (Phi) is 3.09. The highest BCUT2D eigenvalue weighted by Crippen LogP contribution is 2.70. The van der Waals surface area contributed by atoms with Gasteiger partial charge in [-0.3, -0.25) is 0 Å². The number of aliphatic hydroxyl groups excluding tert-OH is 1. The molecule has 2 aliphatic carbocycles. The van der Waals surface area contributed by atoms with Gasteiger partial charge in [0, 0.05) is 16.5 Å². The van der Waals surface area contributed by atoms with Gasteiger partial charge in [0.05, 0.1) is 12.2 Å². The minimum atomic E-state index is -0.185. The van der Waals surface area contributed by atoms with E-state index in [2.05, 4.69) is 54.0 Å². The van der Waals surface area contributed by atoms with Crippen molar-refractivity contribution in [2.75, 3.05) is 6.61 Å². The molecular weight excluding hydrogens is 328 g/mol. The molecule has 4 rings (SSSR count). The molecule has 1 saturated heterocycles. The summed E-state index contributed by atoms with van der Waals surface area (Å²) in [6.45, 7) is 5.27. The van der Waals surface area contributed by atoms with Crippen molar-refractivity contribution in [3.63, 3.8) is 0 Å². The van der Waals surface area contributed by atoms with E-state index < -0.39 is 0 Å². The molecule has 0 aromatic heterocycles. The van der Waals surface area contributed by atoms with E-state index in [0.29, 0.717) is 11.8 Å². The molecule has 1 spiro atoms. The maximum atomic E-state index is 11.0. The molecule has 1 aromatic rings. The summed E-state index contributed by atoms with van der Waals surface area (Å²) < 4.78 is 7.26. The van der Waals surface area contributed by atoms with Crippen molar-refractivity contribution in [3.8, 4) is 0 Å². The van der Waals surface area contributed by atoms with Gasteiger partial charge in [0.1, 0.15) is 0 Å². The lowest BCUT2D eigenvalue weighted by Gasteiger charge is -2.51. The Morgan fingerprint density at radius 1 is 1.24 bits per heavy atom. The lowest BCUT2D eigenvalue weighted by molar-refractivity contribution is -0.164. The van der Waals surface area contributed by atoms with Crippen LogP contribution in [0.4, 0.5) is 0 Å². The highest BCUT2D eigenvalue weighted by atomic mass is 79.9. The van der Waals surface area contributed by atoms with Crippen LogP contribution in [0.1, 0.15) is 44.8 Å². The number of halogens is 1. The average molecular weight is 351 g/mol. The lowest BCUT2D eigenvalue weighted by atomic mass is 9.60. The molecule has 1 aliphatic heterocycles. The zero-order valence-corrected chi connectivity index (χ0v) is 14.3. The molecule has 2 nitrogen and oxygen atoms in total. The van der Waals surface area contributed by atoms with Crippen LogP contribution < -0.4 is 0 Å². The van der Waals surface area contributed by atoms with Crippen molar-refractivity contribution in [2.45, 2.75) is 45.3 Å². The molecule has 1 N–H and O–H groups in total. The summed E-state index contributed by atoms with van der Waals surface area (Å²) in [7, 11) is 0. The molecular formula is C18H23BrO2. The second-order valence-corrected chi connectivity index (χ2v) is 8.71. The Labute approximate surface area is 135 Å². The molecule has 1 heterocycles. The number of benzene rings is 1. The van der Waals surface area contributed by atoms with Gasteiger partial charge in [-0.1, -0.05) is 41.9 Å². The van der Waals surface area contributed by atoms with Gasteiger partial charge < -0.3 is 9.84 Å². The summed E-state index contributed by atoms with van der Waals surface area (Å²) in [6.07, 6.45) is 3.37. The number of ether oxygens (including phenoxy) is 1. The Bertz CT molecular complexity index is 553. The van der Waals surface area contributed by atoms with Gasteiger partial charge in [-0.2, -0.15) is 0 Å². The maximum absolute atomic E-state index is 11.0. The smallest absolute Gasteiger partial charge is 0.0859 e. The second kappa shape index (κ2) is 4.56. The van der Waals surface area contributed by atoms with Crippen LogP contribution in [0.2, 0.25) is 0 Å². The van der Waals surface area contributed by atoms with Crippen molar-refractivity contribution in [1.82, 2.24) is 0 Å². The molecule has 2 saturated carbocycles. The third-order valence-electron chi connectivity index (χ3n) is 6.63. The van der Waals surface area contributed by atoms with Crippen LogP contribution in [-0.4, -0.2) is 17.8 Å². The highest BCUT2D eigenvalue weighted by Gasteiger charge is 2.67. The number of hydrogen-bond donors (Lipinski definition) is 1. The summed E-state index contributed by atoms with van der Waals surface area (Å²) in [5.74, 6) is 1.11. The predicted octanol–water partition coefficient (Wildman–Crippen LogP) is 4.32. The Balaban J connectivity index is 1.70. The monoisotopic (exact) mass is 350 g/mol. The molecule has 2 bridgehead atoms. The van der Waals surface area contributed by atoms with E-state index in [4.69, 9.17) is 4.74 Å². The normalized spacial score (nSPS) is 43.8. The van der Waals surface area contributed by atoms with Crippen LogP contribution in [0.15, 0.2) is 28.7 Å². The number of rotatable bonds is 1. The Hall–Kier alpha value is -0.380. The molecule has 0 amide bonds. The Morgan fingerprint density at radius 2 is 1.95 bits per heavy atom. The number of aliphatic hydroxyl groups is 1. The molecule has 21 heavy (non-hydrogen) atoms. The predicted molar refractivity (Wildman–Crippen MR) is 85.9 cm³/mol. The highest BCUT2D eigenvalue weighted by molar-refractivity contribution is 9.10. The summed E-state index contributed by atoms with van der Waals surface area (Å²) in [6, 6.07) is 8.51. The van der Waals surface area contributed by atoms with E-state index in [1.54, 1.807) is 0 Å². The van der Waals surface area contributed by atoms with E-state index >= 15 is 0 Å². The first-order valence-corrected chi connectivity index (χ1v) is 8.79. The van der Waals surface area contributed by atoms with Crippen molar-refractivity contribution < 1.29 is 9.84 Å². The minimum Gasteiger partial charge on any atom is -0.392 e. The van der Waals surface area contributed by atoms with Crippen molar-refractivity contribution in [1.29, 1.82) is 0 Å². The van der Waals surface area contributed by atoms with E-state index in [-0.39, 0.29) is 23.0 Å². The van der Waals surface area contributed by atoms with Crippen molar-refractivity contribution in [2.24, 2.45) is 22.7 Å². The fourth-order valence-electron chi connectivity index (χ4n) is 5.40. The van der Waals surface area contributed by atoms with E-state index in [9.17, 15) is 5.11 Å². The van der Waals surface area contributed by atoms with Gasteiger partial charge >= 0.3 is 0 Å². The first-order chi connectivity index (χ1) is 9.95. The lowest BCUT2D eigenvalue weighted by Crippen LogP contribution is -2.51. The summed E-state index contributed by atoms with van der Waals surface area (Å²) in [5.41, 5.74) is 1.42. The summed E-state index contributed by atoms with van der Waals surface area (Å²) in [4.78, 5) is 0. The average Bonchev–Trinajstić information content (AvgIpc) is 2.94. The van der Waals surface area contributed by atoms with Gasteiger partial charge in [0.2, 0.25) is 0 Å². The first-order valence-electron chi connectivity index (χ1n) is 8.00. The van der Waals surface area contributed by atoms with E-state index in [0.717, 1.165) is 17.5 Å². The quantitative estimate of drug-likeness (QED) is 0.816. The number of hydrogen-bond acceptors (Lipinski definition) is 2. The SMILES string of the molecule is CC1(C)[C@@H]2C[C@@H]3[C@@H](c4ccc(Br)cc4)OCCC3(C2)[C@@H]1O. The van der Waals surface area contributed by atoms with E-state index in [1.165, 1.54) is 18.4 Å². The topological polar surface area (TPSA) is 29.5 Å². The molecule has 3 fully saturated rings. The second-order valence-electron chi connectivity index (χ2n) is 7.79. The van der Waals surface area contributed by atoms with Crippen molar-refractivity contribution >= 4 is 15.9 Å². The van der Waals surface area contributed by atoms with Gasteiger partial charge in [-0.05, 0) is 54.2 Å². The summed E-state index contributed by atoms with van der Waals surface area (Å²) in [5, 5.41) is 11.0. The minimum absolute atomic E-state index is 0.0676. The molecule has 1 aromatic carbocycles. The van der Waals surface area contributed by atoms with Crippen LogP contribution in [0.3, 0.4) is 0 Å². The molecule has 1 unspecified atom stereocenters. The van der Waals surface area contributed by atoms with E-state index in [1.807, 2.05) is 0 Å². The third kappa shape index (κ3) is 1.83. The van der Waals surface area contributed by atoms with Crippen LogP contribution in [0.5, 0.6) is 0 Å². The van der Waals surface area contributed by atoms with Crippen molar-refractivity contribution in [3.05, 3.63) is 34.3 Å². The zero-order valence-electron chi connectivity index (χ0n) is 12.7. The standard InChI is InChI=1S/C18H23BrO2/c1-17(2)12-9-14-15(11-3-5-13(19)6-4-11)21-8-7-18(14,10-12)16(17)20/h3-6,12,14-16,20H,7-10H2,1-2H3/t12-,14-,15-,16-,18?/m1/s1. The van der Waals surface area contributed by atoms with Gasteiger partial charge in [0.25, 0.3) is 0 Å². The fraction of sp³-hybridized carbons (Fsp3) is 0.667. The van der Waals surface area contributed by atoms with Gasteiger partial charge in [-0.25, -0.2) is 0 Å². The van der Waals surface area contributed by atoms with Crippen LogP contribution in [-0.2, 0) is 4.74 Å². The largest absolute Gasteiger partial charge is 0.392 e. The van der Waals surface area contributed by atoms with Crippen LogP contribution in [0, 0.1) is 22.7 Å². The molecule has 0 radical (unpaired) electrons.